The molecule has 1 rings (SSSR count). The number of aliphatic hydroxyl groups excluding tert-OH is 1. The second-order valence-corrected chi connectivity index (χ2v) is 5.70. The minimum atomic E-state index is -1.33. The Kier molecular flexibility index (Phi) is 5.72. The van der Waals surface area contributed by atoms with Crippen LogP contribution < -0.4 is 0 Å². The van der Waals surface area contributed by atoms with Crippen LogP contribution in [0.15, 0.2) is 24.3 Å². The molecule has 0 heterocycles. The van der Waals surface area contributed by atoms with Crippen molar-refractivity contribution in [3.05, 3.63) is 35.4 Å². The number of hydrogen-bond donors (Lipinski definition) is 2. The Morgan fingerprint density at radius 1 is 1.25 bits per heavy atom. The van der Waals surface area contributed by atoms with Crippen molar-refractivity contribution in [1.82, 2.24) is 0 Å². The predicted octanol–water partition coefficient (Wildman–Crippen LogP) is 2.48. The van der Waals surface area contributed by atoms with E-state index in [9.17, 15) is 15.0 Å². The first-order valence-corrected chi connectivity index (χ1v) is 6.88. The number of benzene rings is 1. The standard InChI is InChI=1S/C16H24O4/c1-11(2)5-10-14(17)16(3,19)13-8-6-12(7-9-13)15(18)20-4/h6-9,11,14,17,19H,5,10H2,1-4H3/t14-,16-/m0/s1. The molecule has 0 bridgehead atoms. The molecule has 0 unspecified atom stereocenters. The van der Waals surface area contributed by atoms with Crippen LogP contribution in [0.3, 0.4) is 0 Å². The molecule has 2 N–H and O–H groups in total. The molecule has 0 aliphatic carbocycles. The van der Waals surface area contributed by atoms with Crippen LogP contribution in [0.4, 0.5) is 0 Å². The smallest absolute Gasteiger partial charge is 0.337 e. The molecule has 2 atom stereocenters. The van der Waals surface area contributed by atoms with E-state index < -0.39 is 17.7 Å². The van der Waals surface area contributed by atoms with Crippen LogP contribution >= 0.6 is 0 Å². The fourth-order valence-electron chi connectivity index (χ4n) is 2.03. The summed E-state index contributed by atoms with van der Waals surface area (Å²) < 4.78 is 4.62. The van der Waals surface area contributed by atoms with Gasteiger partial charge in [0.15, 0.2) is 0 Å². The third kappa shape index (κ3) is 4.05. The van der Waals surface area contributed by atoms with Crippen LogP contribution in [0.2, 0.25) is 0 Å². The average Bonchev–Trinajstić information content (AvgIpc) is 2.43. The SMILES string of the molecule is COC(=O)c1ccc([C@](C)(O)[C@@H](O)CCC(C)C)cc1. The maximum atomic E-state index is 11.4. The summed E-state index contributed by atoms with van der Waals surface area (Å²) in [5, 5.41) is 20.7. The van der Waals surface area contributed by atoms with E-state index in [0.29, 0.717) is 23.5 Å². The van der Waals surface area contributed by atoms with Crippen LogP contribution in [0.25, 0.3) is 0 Å². The van der Waals surface area contributed by atoms with E-state index in [-0.39, 0.29) is 0 Å². The van der Waals surface area contributed by atoms with Gasteiger partial charge in [-0.3, -0.25) is 0 Å². The van der Waals surface area contributed by atoms with Gasteiger partial charge < -0.3 is 14.9 Å². The lowest BCUT2D eigenvalue weighted by atomic mass is 9.86. The molecule has 0 saturated carbocycles. The maximum Gasteiger partial charge on any atom is 0.337 e. The molecule has 20 heavy (non-hydrogen) atoms. The zero-order valence-corrected chi connectivity index (χ0v) is 12.6. The lowest BCUT2D eigenvalue weighted by Gasteiger charge is -2.30. The molecule has 0 amide bonds. The Morgan fingerprint density at radius 3 is 2.25 bits per heavy atom. The van der Waals surface area contributed by atoms with Gasteiger partial charge in [-0.05, 0) is 43.4 Å². The molecule has 112 valence electrons. The van der Waals surface area contributed by atoms with Crippen LogP contribution in [-0.4, -0.2) is 29.4 Å². The van der Waals surface area contributed by atoms with Gasteiger partial charge in [-0.1, -0.05) is 26.0 Å². The van der Waals surface area contributed by atoms with Crippen LogP contribution in [0.1, 0.15) is 49.5 Å². The number of carbonyl (C=O) groups excluding carboxylic acids is 1. The lowest BCUT2D eigenvalue weighted by Crippen LogP contribution is -2.36. The number of ether oxygens (including phenoxy) is 1. The first kappa shape index (κ1) is 16.7. The molecule has 0 radical (unpaired) electrons. The molecular formula is C16H24O4. The number of carbonyl (C=O) groups is 1. The van der Waals surface area contributed by atoms with Crippen molar-refractivity contribution in [3.63, 3.8) is 0 Å². The van der Waals surface area contributed by atoms with Crippen molar-refractivity contribution in [2.45, 2.75) is 45.3 Å². The molecule has 0 aromatic heterocycles. The van der Waals surface area contributed by atoms with E-state index in [4.69, 9.17) is 0 Å². The largest absolute Gasteiger partial charge is 0.465 e. The third-order valence-corrected chi connectivity index (χ3v) is 3.56. The topological polar surface area (TPSA) is 66.8 Å². The molecule has 1 aromatic rings. The summed E-state index contributed by atoms with van der Waals surface area (Å²) in [5.41, 5.74) is -0.325. The minimum Gasteiger partial charge on any atom is -0.465 e. The zero-order valence-electron chi connectivity index (χ0n) is 12.6. The Balaban J connectivity index is 2.83. The molecular weight excluding hydrogens is 256 g/mol. The van der Waals surface area contributed by atoms with E-state index in [0.717, 1.165) is 6.42 Å². The Morgan fingerprint density at radius 2 is 1.80 bits per heavy atom. The van der Waals surface area contributed by atoms with E-state index in [1.165, 1.54) is 7.11 Å². The molecule has 0 aliphatic rings. The normalized spacial score (nSPS) is 15.8. The van der Waals surface area contributed by atoms with Crippen LogP contribution in [-0.2, 0) is 10.3 Å². The molecule has 0 aliphatic heterocycles. The van der Waals surface area contributed by atoms with E-state index in [2.05, 4.69) is 18.6 Å². The van der Waals surface area contributed by atoms with Crippen molar-refractivity contribution in [2.24, 2.45) is 5.92 Å². The third-order valence-electron chi connectivity index (χ3n) is 3.56. The number of methoxy groups -OCH3 is 1. The fraction of sp³-hybridized carbons (Fsp3) is 0.562. The van der Waals surface area contributed by atoms with E-state index in [1.807, 2.05) is 0 Å². The highest BCUT2D eigenvalue weighted by atomic mass is 16.5. The van der Waals surface area contributed by atoms with Crippen molar-refractivity contribution in [2.75, 3.05) is 7.11 Å². The summed E-state index contributed by atoms with van der Waals surface area (Å²) in [7, 11) is 1.32. The Labute approximate surface area is 120 Å². The quantitative estimate of drug-likeness (QED) is 0.786. The summed E-state index contributed by atoms with van der Waals surface area (Å²) >= 11 is 0. The highest BCUT2D eigenvalue weighted by Gasteiger charge is 2.32. The Bertz CT molecular complexity index is 434. The van der Waals surface area contributed by atoms with Crippen LogP contribution in [0, 0.1) is 5.92 Å². The monoisotopic (exact) mass is 280 g/mol. The van der Waals surface area contributed by atoms with Gasteiger partial charge in [-0.25, -0.2) is 4.79 Å². The summed E-state index contributed by atoms with van der Waals surface area (Å²) in [6, 6.07) is 6.46. The number of hydrogen-bond acceptors (Lipinski definition) is 4. The number of rotatable bonds is 6. The minimum absolute atomic E-state index is 0.420. The van der Waals surface area contributed by atoms with Crippen molar-refractivity contribution in [3.8, 4) is 0 Å². The van der Waals surface area contributed by atoms with Crippen molar-refractivity contribution >= 4 is 5.97 Å². The molecule has 0 saturated heterocycles. The van der Waals surface area contributed by atoms with E-state index >= 15 is 0 Å². The van der Waals surface area contributed by atoms with Crippen LogP contribution in [0.5, 0.6) is 0 Å². The summed E-state index contributed by atoms with van der Waals surface area (Å²) in [5.74, 6) is 0.0544. The molecule has 0 fully saturated rings. The first-order chi connectivity index (χ1) is 9.28. The number of aliphatic hydroxyl groups is 2. The van der Waals surface area contributed by atoms with Gasteiger partial charge in [0.1, 0.15) is 5.60 Å². The van der Waals surface area contributed by atoms with Gasteiger partial charge in [-0.2, -0.15) is 0 Å². The molecule has 0 spiro atoms. The molecule has 1 aromatic carbocycles. The fourth-order valence-corrected chi connectivity index (χ4v) is 2.03. The highest BCUT2D eigenvalue weighted by molar-refractivity contribution is 5.89. The summed E-state index contributed by atoms with van der Waals surface area (Å²) in [6.07, 6.45) is 0.537. The first-order valence-electron chi connectivity index (χ1n) is 6.88. The maximum absolute atomic E-state index is 11.4. The highest BCUT2D eigenvalue weighted by Crippen LogP contribution is 2.28. The van der Waals surface area contributed by atoms with Gasteiger partial charge in [0.05, 0.1) is 18.8 Å². The lowest BCUT2D eigenvalue weighted by molar-refractivity contribution is -0.0718. The summed E-state index contributed by atoms with van der Waals surface area (Å²) in [6.45, 7) is 5.74. The van der Waals surface area contributed by atoms with Gasteiger partial charge >= 0.3 is 5.97 Å². The van der Waals surface area contributed by atoms with Gasteiger partial charge in [0, 0.05) is 0 Å². The van der Waals surface area contributed by atoms with Gasteiger partial charge in [-0.15, -0.1) is 0 Å². The second kappa shape index (κ2) is 6.86. The number of esters is 1. The Hall–Kier alpha value is -1.39. The van der Waals surface area contributed by atoms with Gasteiger partial charge in [0.2, 0.25) is 0 Å². The average molecular weight is 280 g/mol. The zero-order chi connectivity index (χ0) is 15.3. The summed E-state index contributed by atoms with van der Waals surface area (Å²) in [4.78, 5) is 11.4. The molecule has 4 heteroatoms. The van der Waals surface area contributed by atoms with E-state index in [1.54, 1.807) is 31.2 Å². The van der Waals surface area contributed by atoms with Crippen molar-refractivity contribution in [1.29, 1.82) is 0 Å². The molecule has 4 nitrogen and oxygen atoms in total. The second-order valence-electron chi connectivity index (χ2n) is 5.70. The van der Waals surface area contributed by atoms with Crippen molar-refractivity contribution < 1.29 is 19.7 Å². The van der Waals surface area contributed by atoms with Gasteiger partial charge in [0.25, 0.3) is 0 Å². The predicted molar refractivity (Wildman–Crippen MR) is 77.4 cm³/mol.